The highest BCUT2D eigenvalue weighted by Gasteiger charge is 2.53. The van der Waals surface area contributed by atoms with Gasteiger partial charge in [0.25, 0.3) is 0 Å². The number of nitrogens with zero attached hydrogens (tertiary/aromatic N) is 1. The van der Waals surface area contributed by atoms with Crippen LogP contribution in [0.2, 0.25) is 12.1 Å². The number of esters is 2. The summed E-state index contributed by atoms with van der Waals surface area (Å²) < 4.78 is 51.9. The Morgan fingerprint density at radius 2 is 0.975 bits per heavy atom. The number of allylic oxidation sites excluding steroid dienone is 8. The fourth-order valence-electron chi connectivity index (χ4n) is 14.6. The first-order chi connectivity index (χ1) is 38.3. The highest BCUT2D eigenvalue weighted by molar-refractivity contribution is 6.61. The van der Waals surface area contributed by atoms with Gasteiger partial charge in [0.1, 0.15) is 19.3 Å². The van der Waals surface area contributed by atoms with Gasteiger partial charge in [-0.2, -0.15) is 0 Å². The molecule has 8 bridgehead atoms. The molecule has 4 fully saturated rings. The first-order valence-electron chi connectivity index (χ1n) is 30.9. The van der Waals surface area contributed by atoms with E-state index in [1.54, 1.807) is 0 Å². The lowest BCUT2D eigenvalue weighted by molar-refractivity contribution is -0.160. The topological polar surface area (TPSA) is 196 Å². The minimum absolute atomic E-state index is 0.0952. The van der Waals surface area contributed by atoms with E-state index in [-0.39, 0.29) is 41.9 Å². The van der Waals surface area contributed by atoms with Crippen molar-refractivity contribution in [2.45, 2.75) is 183 Å². The Morgan fingerprint density at radius 1 is 0.575 bits per heavy atom. The maximum atomic E-state index is 13.2. The van der Waals surface area contributed by atoms with Crippen LogP contribution in [0.5, 0.6) is 0 Å². The minimum Gasteiger partial charge on any atom is -0.463 e. The van der Waals surface area contributed by atoms with E-state index in [9.17, 15) is 24.3 Å². The van der Waals surface area contributed by atoms with Gasteiger partial charge in [0.2, 0.25) is 6.08 Å². The van der Waals surface area contributed by atoms with Crippen LogP contribution in [0.25, 0.3) is 0 Å². The van der Waals surface area contributed by atoms with Crippen molar-refractivity contribution in [3.8, 4) is 0 Å². The smallest absolute Gasteiger partial charge is 0.463 e. The Balaban J connectivity index is 0.000000218. The highest BCUT2D eigenvalue weighted by atomic mass is 28.4. The predicted octanol–water partition coefficient (Wildman–Crippen LogP) is 11.7. The molecule has 0 saturated heterocycles. The van der Waals surface area contributed by atoms with Gasteiger partial charge in [0.05, 0.1) is 23.5 Å². The quantitative estimate of drug-likeness (QED) is 0.0120. The number of amides is 1. The lowest BCUT2D eigenvalue weighted by atomic mass is 9.74. The van der Waals surface area contributed by atoms with Crippen molar-refractivity contribution in [2.24, 2.45) is 74.0 Å². The molecule has 0 heterocycles. The largest absolute Gasteiger partial charge is 0.500 e. The molecule has 0 aromatic heterocycles. The average Bonchev–Trinajstić information content (AvgIpc) is 4.38. The van der Waals surface area contributed by atoms with E-state index >= 15 is 0 Å². The Bertz CT molecular complexity index is 2140. The van der Waals surface area contributed by atoms with Crippen LogP contribution >= 0.6 is 0 Å². The van der Waals surface area contributed by atoms with Gasteiger partial charge in [-0.05, 0) is 203 Å². The summed E-state index contributed by atoms with van der Waals surface area (Å²) in [5.41, 5.74) is -0.327. The van der Waals surface area contributed by atoms with Crippen LogP contribution in [-0.2, 0) is 55.2 Å². The van der Waals surface area contributed by atoms with E-state index in [0.717, 1.165) is 57.3 Å². The molecule has 14 unspecified atom stereocenters. The predicted molar refractivity (Wildman–Crippen MR) is 312 cm³/mol. The fourth-order valence-corrected chi connectivity index (χ4v) is 19.9. The van der Waals surface area contributed by atoms with Crippen molar-refractivity contribution in [3.63, 3.8) is 0 Å². The van der Waals surface area contributed by atoms with Gasteiger partial charge in [-0.1, -0.05) is 62.5 Å². The number of aliphatic hydroxyl groups is 1. The lowest BCUT2D eigenvalue weighted by Crippen LogP contribution is -2.46. The monoisotopic (exact) mass is 1150 g/mol. The first kappa shape index (κ1) is 65.9. The van der Waals surface area contributed by atoms with Crippen molar-refractivity contribution < 1.29 is 65.1 Å². The third kappa shape index (κ3) is 17.2. The number of carbonyl (C=O) groups is 3. The second-order valence-corrected chi connectivity index (χ2v) is 30.4. The Morgan fingerprint density at radius 3 is 1.35 bits per heavy atom. The van der Waals surface area contributed by atoms with E-state index in [1.165, 1.54) is 31.8 Å². The molecular formula is C62H102N2O14Si2. The summed E-state index contributed by atoms with van der Waals surface area (Å²) in [6, 6.07) is 1.31. The summed E-state index contributed by atoms with van der Waals surface area (Å²) in [5, 5.41) is 13.2. The standard InChI is InChI=1S/C31H51NO7Si.C21H30O3.C10H21NO4Si/c1-6-36-40(37-7-2,38-8-3)17-9-16-32-29(34)39-27(14-15-30(4)20-23-10-12-25(30)18-23)22-35-28(33)31(5)21-24-11-13-26(31)19-24;1-20(11-14-3-5-16(20)9-14)8-7-18(22)13-24-19(23)21(2)12-15-4-6-17(21)10-15;1-4-13-16(14-5-2,15-6-3)9-7-8-11-10-12/h10-13,23-27H,6-9,14-22H2,1-5H3,(H,32,34);3-6,14-18,22H,7-13H2,1-2H3;4-9H2,1-3H3. The Hall–Kier alpha value is -3.30. The summed E-state index contributed by atoms with van der Waals surface area (Å²) in [6.07, 6.45) is 31.8. The van der Waals surface area contributed by atoms with Crippen LogP contribution in [0.3, 0.4) is 0 Å². The number of carbonyl (C=O) groups excluding carboxylic acids is 4. The molecule has 0 aliphatic heterocycles. The lowest BCUT2D eigenvalue weighted by Gasteiger charge is -2.33. The molecule has 8 rings (SSSR count). The summed E-state index contributed by atoms with van der Waals surface area (Å²) in [4.78, 5) is 52.0. The van der Waals surface area contributed by atoms with Crippen LogP contribution in [0.1, 0.15) is 159 Å². The second kappa shape index (κ2) is 30.5. The third-order valence-electron chi connectivity index (χ3n) is 19.0. The van der Waals surface area contributed by atoms with Crippen molar-refractivity contribution in [1.29, 1.82) is 0 Å². The van der Waals surface area contributed by atoms with Gasteiger partial charge in [-0.3, -0.25) is 9.59 Å². The molecule has 0 spiro atoms. The van der Waals surface area contributed by atoms with Crippen LogP contribution in [0, 0.1) is 69.0 Å². The van der Waals surface area contributed by atoms with Crippen molar-refractivity contribution >= 4 is 41.7 Å². The number of isocyanates is 1. The van der Waals surface area contributed by atoms with Gasteiger partial charge < -0.3 is 51.2 Å². The SMILES string of the molecule is CC1(CCC(O)COC(=O)C2(C)CC3C=CC2C3)CC2C=CC1C2.CCO[Si](CCCN=C=O)(OCC)OCC.CCO[Si](CCCNC(=O)OC(CCC1(C)CC2C=CC1C2)COC(=O)C1(C)CC2C=CC1C2)(OCC)OCC. The van der Waals surface area contributed by atoms with E-state index in [2.05, 4.69) is 72.8 Å². The molecular weight excluding hydrogens is 1050 g/mol. The molecule has 18 heteroatoms. The molecule has 16 nitrogen and oxygen atoms in total. The van der Waals surface area contributed by atoms with E-state index in [1.807, 2.05) is 55.4 Å². The fraction of sp³-hybridized carbons (Fsp3) is 0.806. The van der Waals surface area contributed by atoms with Crippen molar-refractivity contribution in [3.05, 3.63) is 48.6 Å². The number of aliphatic imine (C=N–C) groups is 1. The summed E-state index contributed by atoms with van der Waals surface area (Å²) in [6.45, 7) is 24.7. The van der Waals surface area contributed by atoms with Gasteiger partial charge in [0, 0.05) is 58.3 Å². The number of ether oxygens (including phenoxy) is 3. The molecule has 8 aliphatic rings. The zero-order valence-electron chi connectivity index (χ0n) is 50.5. The molecule has 0 aromatic rings. The molecule has 14 atom stereocenters. The minimum atomic E-state index is -2.75. The van der Waals surface area contributed by atoms with E-state index in [4.69, 9.17) is 40.8 Å². The van der Waals surface area contributed by atoms with E-state index < -0.39 is 41.3 Å². The normalized spacial score (nSPS) is 32.3. The average molecular weight is 1160 g/mol. The number of alkyl carbamates (subject to hydrolysis) is 1. The Kier molecular flexibility index (Phi) is 25.1. The van der Waals surface area contributed by atoms with Gasteiger partial charge >= 0.3 is 35.6 Å². The number of aliphatic hydroxyl groups excluding tert-OH is 1. The van der Waals surface area contributed by atoms with Crippen LogP contribution < -0.4 is 5.32 Å². The van der Waals surface area contributed by atoms with Crippen LogP contribution in [0.15, 0.2) is 53.6 Å². The molecule has 8 aliphatic carbocycles. The summed E-state index contributed by atoms with van der Waals surface area (Å²) in [5.74, 6) is 3.98. The highest BCUT2D eigenvalue weighted by Crippen LogP contribution is 2.57. The van der Waals surface area contributed by atoms with Crippen LogP contribution in [0.4, 0.5) is 4.79 Å². The zero-order chi connectivity index (χ0) is 58.0. The number of fused-ring (bicyclic) bond motifs is 8. The number of hydrogen-bond acceptors (Lipinski definition) is 15. The van der Waals surface area contributed by atoms with Crippen molar-refractivity contribution in [2.75, 3.05) is 65.9 Å². The van der Waals surface area contributed by atoms with Gasteiger partial charge in [-0.15, -0.1) is 0 Å². The molecule has 4 saturated carbocycles. The summed E-state index contributed by atoms with van der Waals surface area (Å²) >= 11 is 0. The number of hydrogen-bond donors (Lipinski definition) is 2. The molecule has 2 N–H and O–H groups in total. The number of nitrogens with one attached hydrogen (secondary N) is 1. The van der Waals surface area contributed by atoms with Gasteiger partial charge in [-0.25, -0.2) is 14.6 Å². The summed E-state index contributed by atoms with van der Waals surface area (Å²) in [7, 11) is -5.29. The Labute approximate surface area is 482 Å². The third-order valence-corrected chi connectivity index (χ3v) is 25.3. The molecule has 0 aromatic carbocycles. The molecule has 0 radical (unpaired) electrons. The zero-order valence-corrected chi connectivity index (χ0v) is 52.5. The molecule has 452 valence electrons. The molecule has 1 amide bonds. The maximum absolute atomic E-state index is 13.2. The van der Waals surface area contributed by atoms with Crippen LogP contribution in [-0.4, -0.2) is 125 Å². The van der Waals surface area contributed by atoms with E-state index in [0.29, 0.717) is 119 Å². The number of rotatable bonds is 33. The maximum Gasteiger partial charge on any atom is 0.500 e. The molecule has 80 heavy (non-hydrogen) atoms. The second-order valence-electron chi connectivity index (χ2n) is 24.9. The van der Waals surface area contributed by atoms with Crippen molar-refractivity contribution in [1.82, 2.24) is 5.32 Å². The first-order valence-corrected chi connectivity index (χ1v) is 34.7. The van der Waals surface area contributed by atoms with Gasteiger partial charge in [0.15, 0.2) is 0 Å².